The first kappa shape index (κ1) is 17.4. The maximum atomic E-state index is 13.1. The third-order valence-electron chi connectivity index (χ3n) is 4.21. The minimum Gasteiger partial charge on any atom is -0.481 e. The first-order valence-electron chi connectivity index (χ1n) is 8.15. The van der Waals surface area contributed by atoms with E-state index in [1.807, 2.05) is 43.3 Å². The zero-order chi connectivity index (χ0) is 18.2. The van der Waals surface area contributed by atoms with Crippen molar-refractivity contribution in [1.29, 1.82) is 0 Å². The summed E-state index contributed by atoms with van der Waals surface area (Å²) in [6.45, 7) is 5.33. The lowest BCUT2D eigenvalue weighted by Crippen LogP contribution is -2.35. The van der Waals surface area contributed by atoms with E-state index in [0.717, 1.165) is 16.9 Å². The van der Waals surface area contributed by atoms with Crippen LogP contribution in [0.3, 0.4) is 0 Å². The summed E-state index contributed by atoms with van der Waals surface area (Å²) < 4.78 is 1.50. The van der Waals surface area contributed by atoms with Gasteiger partial charge in [-0.15, -0.1) is 11.3 Å². The van der Waals surface area contributed by atoms with Crippen LogP contribution in [0.5, 0.6) is 0 Å². The predicted octanol–water partition coefficient (Wildman–Crippen LogP) is 3.80. The number of hydrogen-bond donors (Lipinski definition) is 1. The van der Waals surface area contributed by atoms with Gasteiger partial charge in [-0.2, -0.15) is 0 Å². The van der Waals surface area contributed by atoms with Gasteiger partial charge < -0.3 is 5.11 Å². The summed E-state index contributed by atoms with van der Waals surface area (Å²) in [5.74, 6) is -0.435. The minimum absolute atomic E-state index is 0.0612. The number of aryl methyl sites for hydroxylation is 1. The number of fused-ring (bicyclic) bond motifs is 1. The van der Waals surface area contributed by atoms with Crippen molar-refractivity contribution in [3.8, 4) is 11.4 Å². The van der Waals surface area contributed by atoms with Crippen LogP contribution in [0.1, 0.15) is 25.6 Å². The van der Waals surface area contributed by atoms with Crippen molar-refractivity contribution < 1.29 is 9.90 Å². The van der Waals surface area contributed by atoms with Crippen LogP contribution >= 0.6 is 11.3 Å². The normalized spacial score (nSPS) is 11.8. The molecule has 25 heavy (non-hydrogen) atoms. The van der Waals surface area contributed by atoms with Crippen LogP contribution in [-0.2, 0) is 17.8 Å². The Balaban J connectivity index is 2.29. The molecule has 3 rings (SSSR count). The fraction of sp³-hybridized carbons (Fsp3) is 0.316. The Morgan fingerprint density at radius 1 is 1.28 bits per heavy atom. The highest BCUT2D eigenvalue weighted by Crippen LogP contribution is 2.27. The van der Waals surface area contributed by atoms with Gasteiger partial charge in [-0.05, 0) is 26.3 Å². The molecule has 0 unspecified atom stereocenters. The highest BCUT2D eigenvalue weighted by atomic mass is 32.1. The molecular weight excluding hydrogens is 336 g/mol. The Hall–Kier alpha value is -2.47. The lowest BCUT2D eigenvalue weighted by atomic mass is 9.93. The summed E-state index contributed by atoms with van der Waals surface area (Å²) in [5.41, 5.74) is -0.463. The minimum atomic E-state index is -1.08. The van der Waals surface area contributed by atoms with Crippen LogP contribution in [0.2, 0.25) is 0 Å². The standard InChI is InChI=1S/C19H20N2O3S/c1-4-13-10-14-16(25-13)20-15(12-8-6-5-7-9-12)21(17(14)22)11-19(2,3)18(23)24/h5-10H,4,11H2,1-3H3,(H,23,24). The molecule has 2 aromatic heterocycles. The number of carboxylic acid groups (broad SMARTS) is 1. The van der Waals surface area contributed by atoms with E-state index in [2.05, 4.69) is 0 Å². The molecule has 1 aromatic carbocycles. The van der Waals surface area contributed by atoms with Crippen LogP contribution in [-0.4, -0.2) is 20.6 Å². The number of aliphatic carboxylic acids is 1. The third kappa shape index (κ3) is 3.22. The van der Waals surface area contributed by atoms with E-state index in [1.54, 1.807) is 13.8 Å². The number of benzene rings is 1. The van der Waals surface area contributed by atoms with Gasteiger partial charge >= 0.3 is 5.97 Å². The largest absolute Gasteiger partial charge is 0.481 e. The second kappa shape index (κ2) is 6.44. The van der Waals surface area contributed by atoms with Gasteiger partial charge in [0.05, 0.1) is 10.8 Å². The molecule has 3 aromatic rings. The Morgan fingerprint density at radius 3 is 2.56 bits per heavy atom. The number of carbonyl (C=O) groups is 1. The maximum absolute atomic E-state index is 13.1. The Bertz CT molecular complexity index is 987. The van der Waals surface area contributed by atoms with Gasteiger partial charge in [0.2, 0.25) is 0 Å². The van der Waals surface area contributed by atoms with Gasteiger partial charge in [0, 0.05) is 17.0 Å². The quantitative estimate of drug-likeness (QED) is 0.755. The maximum Gasteiger partial charge on any atom is 0.310 e. The lowest BCUT2D eigenvalue weighted by Gasteiger charge is -2.22. The van der Waals surface area contributed by atoms with E-state index in [9.17, 15) is 14.7 Å². The SMILES string of the molecule is CCc1cc2c(=O)n(CC(C)(C)C(=O)O)c(-c3ccccc3)nc2s1. The van der Waals surface area contributed by atoms with Crippen molar-refractivity contribution in [2.75, 3.05) is 0 Å². The third-order valence-corrected chi connectivity index (χ3v) is 5.39. The Kier molecular flexibility index (Phi) is 4.47. The first-order valence-corrected chi connectivity index (χ1v) is 8.97. The summed E-state index contributed by atoms with van der Waals surface area (Å²) in [4.78, 5) is 31.2. The van der Waals surface area contributed by atoms with Crippen LogP contribution in [0.4, 0.5) is 0 Å². The van der Waals surface area contributed by atoms with E-state index < -0.39 is 11.4 Å². The van der Waals surface area contributed by atoms with Gasteiger partial charge in [0.1, 0.15) is 10.7 Å². The van der Waals surface area contributed by atoms with Crippen molar-refractivity contribution in [3.63, 3.8) is 0 Å². The van der Waals surface area contributed by atoms with Gasteiger partial charge in [0.15, 0.2) is 0 Å². The molecule has 2 heterocycles. The molecule has 0 aliphatic heterocycles. The van der Waals surface area contributed by atoms with Gasteiger partial charge in [-0.25, -0.2) is 4.98 Å². The molecule has 1 N–H and O–H groups in total. The zero-order valence-electron chi connectivity index (χ0n) is 14.4. The summed E-state index contributed by atoms with van der Waals surface area (Å²) in [7, 11) is 0. The topological polar surface area (TPSA) is 72.2 Å². The Morgan fingerprint density at radius 2 is 1.96 bits per heavy atom. The van der Waals surface area contributed by atoms with Crippen molar-refractivity contribution in [3.05, 3.63) is 51.6 Å². The first-order chi connectivity index (χ1) is 11.8. The second-order valence-corrected chi connectivity index (χ2v) is 7.78. The summed E-state index contributed by atoms with van der Waals surface area (Å²) in [5, 5.41) is 10.0. The number of thiophene rings is 1. The fourth-order valence-corrected chi connectivity index (χ4v) is 3.61. The molecule has 0 aliphatic carbocycles. The number of carboxylic acids is 1. The van der Waals surface area contributed by atoms with Crippen LogP contribution < -0.4 is 5.56 Å². The van der Waals surface area contributed by atoms with E-state index in [0.29, 0.717) is 16.0 Å². The molecule has 5 nitrogen and oxygen atoms in total. The van der Waals surface area contributed by atoms with Crippen LogP contribution in [0.25, 0.3) is 21.6 Å². The summed E-state index contributed by atoms with van der Waals surface area (Å²) in [6.07, 6.45) is 0.835. The molecule has 0 bridgehead atoms. The molecule has 0 saturated carbocycles. The average molecular weight is 356 g/mol. The second-order valence-electron chi connectivity index (χ2n) is 6.67. The van der Waals surface area contributed by atoms with E-state index in [1.165, 1.54) is 15.9 Å². The van der Waals surface area contributed by atoms with Crippen LogP contribution in [0.15, 0.2) is 41.2 Å². The fourth-order valence-electron chi connectivity index (χ4n) is 2.66. The smallest absolute Gasteiger partial charge is 0.310 e. The van der Waals surface area contributed by atoms with E-state index in [4.69, 9.17) is 4.98 Å². The molecule has 130 valence electrons. The molecule has 0 atom stereocenters. The summed E-state index contributed by atoms with van der Waals surface area (Å²) in [6, 6.07) is 11.3. The monoisotopic (exact) mass is 356 g/mol. The van der Waals surface area contributed by atoms with Gasteiger partial charge in [-0.3, -0.25) is 14.2 Å². The molecule has 0 aliphatic rings. The number of hydrogen-bond acceptors (Lipinski definition) is 4. The van der Waals surface area contributed by atoms with E-state index >= 15 is 0 Å². The molecule has 0 fully saturated rings. The molecular formula is C19H20N2O3S. The zero-order valence-corrected chi connectivity index (χ0v) is 15.3. The van der Waals surface area contributed by atoms with Gasteiger partial charge in [-0.1, -0.05) is 37.3 Å². The number of rotatable bonds is 5. The summed E-state index contributed by atoms with van der Waals surface area (Å²) >= 11 is 1.51. The lowest BCUT2D eigenvalue weighted by molar-refractivity contribution is -0.147. The highest BCUT2D eigenvalue weighted by Gasteiger charge is 2.30. The average Bonchev–Trinajstić information content (AvgIpc) is 3.01. The molecule has 0 amide bonds. The van der Waals surface area contributed by atoms with E-state index in [-0.39, 0.29) is 12.1 Å². The highest BCUT2D eigenvalue weighted by molar-refractivity contribution is 7.18. The van der Waals surface area contributed by atoms with Crippen molar-refractivity contribution in [1.82, 2.24) is 9.55 Å². The van der Waals surface area contributed by atoms with Crippen molar-refractivity contribution >= 4 is 27.5 Å². The van der Waals surface area contributed by atoms with Crippen molar-refractivity contribution in [2.24, 2.45) is 5.41 Å². The van der Waals surface area contributed by atoms with Gasteiger partial charge in [0.25, 0.3) is 5.56 Å². The predicted molar refractivity (Wildman–Crippen MR) is 100 cm³/mol. The molecule has 0 spiro atoms. The van der Waals surface area contributed by atoms with Crippen LogP contribution in [0, 0.1) is 5.41 Å². The number of nitrogens with zero attached hydrogens (tertiary/aromatic N) is 2. The molecule has 0 radical (unpaired) electrons. The Labute approximate surface area is 149 Å². The number of aromatic nitrogens is 2. The molecule has 0 saturated heterocycles. The van der Waals surface area contributed by atoms with Crippen molar-refractivity contribution in [2.45, 2.75) is 33.7 Å². The molecule has 6 heteroatoms.